The molecule has 0 saturated heterocycles. The number of nitrogens with two attached hydrogens (primary N) is 1. The number of aliphatic carboxylic acids is 1. The van der Waals surface area contributed by atoms with Crippen LogP contribution >= 0.6 is 11.6 Å². The smallest absolute Gasteiger partial charge is 0.326 e. The minimum Gasteiger partial charge on any atom is -0.480 e. The van der Waals surface area contributed by atoms with Gasteiger partial charge < -0.3 is 16.2 Å². The number of hydrogen-bond acceptors (Lipinski definition) is 3. The monoisotopic (exact) mass is 270 g/mol. The van der Waals surface area contributed by atoms with E-state index in [9.17, 15) is 14.4 Å². The molecule has 7 heteroatoms. The Kier molecular flexibility index (Phi) is 4.67. The van der Waals surface area contributed by atoms with Gasteiger partial charge in [-0.15, -0.1) is 0 Å². The van der Waals surface area contributed by atoms with E-state index in [0.29, 0.717) is 5.02 Å². The lowest BCUT2D eigenvalue weighted by molar-refractivity contribution is -0.140. The van der Waals surface area contributed by atoms with Crippen molar-refractivity contribution in [1.29, 1.82) is 0 Å². The number of carboxylic acid groups (broad SMARTS) is 1. The Morgan fingerprint density at radius 2 is 2.06 bits per heavy atom. The van der Waals surface area contributed by atoms with Crippen LogP contribution in [0.3, 0.4) is 0 Å². The summed E-state index contributed by atoms with van der Waals surface area (Å²) in [6.45, 7) is 0. The molecule has 18 heavy (non-hydrogen) atoms. The third-order valence-corrected chi connectivity index (χ3v) is 2.33. The van der Waals surface area contributed by atoms with Gasteiger partial charge in [-0.25, -0.2) is 4.79 Å². The van der Waals surface area contributed by atoms with Crippen LogP contribution in [0, 0.1) is 0 Å². The molecule has 4 N–H and O–H groups in total. The standard InChI is InChI=1S/C11H11ClN2O4/c12-7-3-1-2-6(4-7)10(16)14-8(11(17)18)5-9(13)15/h1-4,8H,5H2,(H2,13,15)(H,14,16)(H,17,18)/t8-/m1/s1. The molecule has 0 heterocycles. The lowest BCUT2D eigenvalue weighted by Gasteiger charge is -2.12. The van der Waals surface area contributed by atoms with E-state index in [1.807, 2.05) is 0 Å². The quantitative estimate of drug-likeness (QED) is 0.719. The van der Waals surface area contributed by atoms with E-state index in [1.165, 1.54) is 12.1 Å². The van der Waals surface area contributed by atoms with E-state index >= 15 is 0 Å². The number of rotatable bonds is 5. The van der Waals surface area contributed by atoms with Crippen molar-refractivity contribution in [3.05, 3.63) is 34.9 Å². The van der Waals surface area contributed by atoms with Crippen LogP contribution in [0.2, 0.25) is 5.02 Å². The molecular weight excluding hydrogens is 260 g/mol. The number of carboxylic acids is 1. The maximum Gasteiger partial charge on any atom is 0.326 e. The molecule has 0 radical (unpaired) electrons. The van der Waals surface area contributed by atoms with Crippen molar-refractivity contribution in [2.45, 2.75) is 12.5 Å². The molecule has 1 aromatic rings. The zero-order valence-electron chi connectivity index (χ0n) is 9.22. The minimum absolute atomic E-state index is 0.207. The minimum atomic E-state index is -1.35. The summed E-state index contributed by atoms with van der Waals surface area (Å²) in [7, 11) is 0. The van der Waals surface area contributed by atoms with E-state index in [1.54, 1.807) is 12.1 Å². The number of halogens is 1. The SMILES string of the molecule is NC(=O)C[C@@H](NC(=O)c1cccc(Cl)c1)C(=O)O. The van der Waals surface area contributed by atoms with Gasteiger partial charge in [0.1, 0.15) is 6.04 Å². The Balaban J connectivity index is 2.78. The average Bonchev–Trinajstić information content (AvgIpc) is 2.27. The predicted molar refractivity (Wildman–Crippen MR) is 64.2 cm³/mol. The van der Waals surface area contributed by atoms with Crippen LogP contribution in [0.4, 0.5) is 0 Å². The number of carbonyl (C=O) groups is 3. The number of hydrogen-bond donors (Lipinski definition) is 3. The fraction of sp³-hybridized carbons (Fsp3) is 0.182. The number of nitrogens with one attached hydrogen (secondary N) is 1. The molecule has 2 amide bonds. The van der Waals surface area contributed by atoms with Crippen LogP contribution in [0.5, 0.6) is 0 Å². The van der Waals surface area contributed by atoms with Gasteiger partial charge in [-0.2, -0.15) is 0 Å². The molecule has 1 rings (SSSR count). The summed E-state index contributed by atoms with van der Waals surface area (Å²) in [4.78, 5) is 33.2. The van der Waals surface area contributed by atoms with Crippen molar-refractivity contribution < 1.29 is 19.5 Å². The average molecular weight is 271 g/mol. The molecule has 0 fully saturated rings. The molecule has 0 aliphatic carbocycles. The highest BCUT2D eigenvalue weighted by molar-refractivity contribution is 6.31. The Hall–Kier alpha value is -2.08. The first-order valence-electron chi connectivity index (χ1n) is 4.97. The molecule has 1 aromatic carbocycles. The number of amides is 2. The van der Waals surface area contributed by atoms with Gasteiger partial charge in [-0.1, -0.05) is 17.7 Å². The number of carbonyl (C=O) groups excluding carboxylic acids is 2. The lowest BCUT2D eigenvalue weighted by atomic mass is 10.1. The highest BCUT2D eigenvalue weighted by Crippen LogP contribution is 2.10. The molecule has 0 saturated carbocycles. The van der Waals surface area contributed by atoms with Crippen LogP contribution in [-0.4, -0.2) is 28.9 Å². The number of primary amides is 1. The highest BCUT2D eigenvalue weighted by Gasteiger charge is 2.22. The third-order valence-electron chi connectivity index (χ3n) is 2.10. The maximum absolute atomic E-state index is 11.7. The zero-order valence-corrected chi connectivity index (χ0v) is 9.98. The molecule has 0 unspecified atom stereocenters. The molecule has 6 nitrogen and oxygen atoms in total. The van der Waals surface area contributed by atoms with Gasteiger partial charge in [0.2, 0.25) is 5.91 Å². The second-order valence-corrected chi connectivity index (χ2v) is 3.98. The summed E-state index contributed by atoms with van der Waals surface area (Å²) in [5, 5.41) is 11.4. The van der Waals surface area contributed by atoms with Crippen molar-refractivity contribution in [3.63, 3.8) is 0 Å². The Morgan fingerprint density at radius 3 is 2.56 bits per heavy atom. The van der Waals surface area contributed by atoms with E-state index < -0.39 is 30.2 Å². The van der Waals surface area contributed by atoms with Crippen LogP contribution in [0.25, 0.3) is 0 Å². The summed E-state index contributed by atoms with van der Waals surface area (Å²) in [6.07, 6.45) is -0.471. The van der Waals surface area contributed by atoms with E-state index in [2.05, 4.69) is 5.32 Å². The Bertz CT molecular complexity index is 490. The van der Waals surface area contributed by atoms with E-state index in [0.717, 1.165) is 0 Å². The van der Waals surface area contributed by atoms with Crippen LogP contribution in [0.15, 0.2) is 24.3 Å². The molecule has 96 valence electrons. The van der Waals surface area contributed by atoms with E-state index in [4.69, 9.17) is 22.4 Å². The van der Waals surface area contributed by atoms with Crippen molar-refractivity contribution in [2.24, 2.45) is 5.73 Å². The fourth-order valence-corrected chi connectivity index (χ4v) is 1.46. The van der Waals surface area contributed by atoms with Gasteiger partial charge in [0.15, 0.2) is 0 Å². The normalized spacial score (nSPS) is 11.6. The molecule has 1 atom stereocenters. The molecule has 0 spiro atoms. The van der Waals surface area contributed by atoms with Crippen molar-refractivity contribution in [1.82, 2.24) is 5.32 Å². The van der Waals surface area contributed by atoms with Gasteiger partial charge in [0, 0.05) is 10.6 Å². The summed E-state index contributed by atoms with van der Waals surface area (Å²) in [5.41, 5.74) is 5.10. The highest BCUT2D eigenvalue weighted by atomic mass is 35.5. The summed E-state index contributed by atoms with van der Waals surface area (Å²) < 4.78 is 0. The van der Waals surface area contributed by atoms with Gasteiger partial charge in [0.25, 0.3) is 5.91 Å². The van der Waals surface area contributed by atoms with Crippen molar-refractivity contribution >= 4 is 29.4 Å². The largest absolute Gasteiger partial charge is 0.480 e. The second-order valence-electron chi connectivity index (χ2n) is 3.55. The van der Waals surface area contributed by atoms with Gasteiger partial charge in [0.05, 0.1) is 6.42 Å². The predicted octanol–water partition coefficient (Wildman–Crippen LogP) is 0.398. The first-order chi connectivity index (χ1) is 8.40. The fourth-order valence-electron chi connectivity index (χ4n) is 1.27. The molecular formula is C11H11ClN2O4. The number of benzene rings is 1. The van der Waals surface area contributed by atoms with Gasteiger partial charge in [-0.05, 0) is 18.2 Å². The zero-order chi connectivity index (χ0) is 13.7. The molecule has 0 aliphatic rings. The van der Waals surface area contributed by atoms with Gasteiger partial charge in [-0.3, -0.25) is 9.59 Å². The van der Waals surface area contributed by atoms with Crippen LogP contribution < -0.4 is 11.1 Å². The Labute approximate surface area is 108 Å². The summed E-state index contributed by atoms with van der Waals surface area (Å²) >= 11 is 5.70. The van der Waals surface area contributed by atoms with Crippen LogP contribution in [0.1, 0.15) is 16.8 Å². The van der Waals surface area contributed by atoms with Crippen LogP contribution in [-0.2, 0) is 9.59 Å². The maximum atomic E-state index is 11.7. The van der Waals surface area contributed by atoms with Gasteiger partial charge >= 0.3 is 5.97 Å². The Morgan fingerprint density at radius 1 is 1.39 bits per heavy atom. The van der Waals surface area contributed by atoms with E-state index in [-0.39, 0.29) is 5.56 Å². The summed E-state index contributed by atoms with van der Waals surface area (Å²) in [6, 6.07) is 4.65. The molecule has 0 aliphatic heterocycles. The molecule has 0 aromatic heterocycles. The lowest BCUT2D eigenvalue weighted by Crippen LogP contribution is -2.43. The first-order valence-corrected chi connectivity index (χ1v) is 5.35. The van der Waals surface area contributed by atoms with Crippen molar-refractivity contribution in [3.8, 4) is 0 Å². The third kappa shape index (κ3) is 4.06. The summed E-state index contributed by atoms with van der Waals surface area (Å²) in [5.74, 6) is -2.77. The molecule has 0 bridgehead atoms. The second kappa shape index (κ2) is 6.02. The first kappa shape index (κ1) is 14.0. The topological polar surface area (TPSA) is 109 Å². The van der Waals surface area contributed by atoms with Crippen molar-refractivity contribution in [2.75, 3.05) is 0 Å².